The molecule has 0 aliphatic carbocycles. The highest BCUT2D eigenvalue weighted by atomic mass is 32.2. The van der Waals surface area contributed by atoms with Crippen LogP contribution < -0.4 is 10.5 Å². The van der Waals surface area contributed by atoms with Crippen molar-refractivity contribution in [2.75, 3.05) is 10.5 Å². The SMILES string of the molecule is CCc1ccc(NS(=O)(=O)c2cc(C)c(C)cc2N)cc1. The van der Waals surface area contributed by atoms with Crippen molar-refractivity contribution in [1.29, 1.82) is 0 Å². The molecular weight excluding hydrogens is 284 g/mol. The minimum atomic E-state index is -3.68. The van der Waals surface area contributed by atoms with E-state index in [0.717, 1.165) is 23.1 Å². The number of nitrogens with one attached hydrogen (secondary N) is 1. The van der Waals surface area contributed by atoms with Gasteiger partial charge in [-0.15, -0.1) is 0 Å². The van der Waals surface area contributed by atoms with E-state index in [4.69, 9.17) is 5.73 Å². The second-order valence-corrected chi connectivity index (χ2v) is 6.78. The lowest BCUT2D eigenvalue weighted by molar-refractivity contribution is 0.601. The maximum absolute atomic E-state index is 12.4. The summed E-state index contributed by atoms with van der Waals surface area (Å²) in [6, 6.07) is 10.6. The fourth-order valence-corrected chi connectivity index (χ4v) is 3.32. The van der Waals surface area contributed by atoms with E-state index in [1.807, 2.05) is 26.0 Å². The molecule has 5 heteroatoms. The predicted molar refractivity (Wildman–Crippen MR) is 87.0 cm³/mol. The second-order valence-electron chi connectivity index (χ2n) is 5.13. The first-order valence-electron chi connectivity index (χ1n) is 6.82. The number of benzene rings is 2. The number of nitrogens with two attached hydrogens (primary N) is 1. The third-order valence-corrected chi connectivity index (χ3v) is 4.97. The van der Waals surface area contributed by atoms with Crippen LogP contribution >= 0.6 is 0 Å². The van der Waals surface area contributed by atoms with Gasteiger partial charge in [0.15, 0.2) is 0 Å². The maximum Gasteiger partial charge on any atom is 0.263 e. The molecule has 0 heterocycles. The highest BCUT2D eigenvalue weighted by Crippen LogP contribution is 2.25. The molecule has 2 aromatic rings. The van der Waals surface area contributed by atoms with Crippen LogP contribution in [0.15, 0.2) is 41.3 Å². The zero-order valence-electron chi connectivity index (χ0n) is 12.5. The van der Waals surface area contributed by atoms with Gasteiger partial charge in [-0.2, -0.15) is 0 Å². The van der Waals surface area contributed by atoms with Crippen LogP contribution in [0.2, 0.25) is 0 Å². The molecule has 0 aliphatic heterocycles. The molecule has 0 bridgehead atoms. The van der Waals surface area contributed by atoms with Crippen LogP contribution in [-0.2, 0) is 16.4 Å². The van der Waals surface area contributed by atoms with E-state index < -0.39 is 10.0 Å². The van der Waals surface area contributed by atoms with Crippen LogP contribution in [0.4, 0.5) is 11.4 Å². The molecule has 0 radical (unpaired) electrons. The predicted octanol–water partition coefficient (Wildman–Crippen LogP) is 3.25. The first kappa shape index (κ1) is 15.4. The lowest BCUT2D eigenvalue weighted by Gasteiger charge is -2.12. The molecule has 0 amide bonds. The van der Waals surface area contributed by atoms with Crippen LogP contribution in [0.25, 0.3) is 0 Å². The fraction of sp³-hybridized carbons (Fsp3) is 0.250. The van der Waals surface area contributed by atoms with Gasteiger partial charge in [0.25, 0.3) is 10.0 Å². The number of sulfonamides is 1. The summed E-state index contributed by atoms with van der Waals surface area (Å²) in [5, 5.41) is 0. The average Bonchev–Trinajstić information content (AvgIpc) is 2.43. The standard InChI is InChI=1S/C16H20N2O2S/c1-4-13-5-7-14(8-6-13)18-21(19,20)16-10-12(3)11(2)9-15(16)17/h5-10,18H,4,17H2,1-3H3. The van der Waals surface area contributed by atoms with Crippen molar-refractivity contribution in [3.8, 4) is 0 Å². The number of hydrogen-bond donors (Lipinski definition) is 2. The molecule has 2 aromatic carbocycles. The molecule has 2 rings (SSSR count). The van der Waals surface area contributed by atoms with E-state index in [2.05, 4.69) is 11.6 Å². The van der Waals surface area contributed by atoms with E-state index >= 15 is 0 Å². The minimum absolute atomic E-state index is 0.116. The topological polar surface area (TPSA) is 72.2 Å². The molecule has 3 N–H and O–H groups in total. The largest absolute Gasteiger partial charge is 0.398 e. The van der Waals surface area contributed by atoms with Crippen molar-refractivity contribution in [2.45, 2.75) is 32.1 Å². The van der Waals surface area contributed by atoms with Crippen molar-refractivity contribution < 1.29 is 8.42 Å². The number of hydrogen-bond acceptors (Lipinski definition) is 3. The molecule has 0 saturated heterocycles. The Morgan fingerprint density at radius 2 is 1.62 bits per heavy atom. The second kappa shape index (κ2) is 5.77. The van der Waals surface area contributed by atoms with E-state index in [-0.39, 0.29) is 10.6 Å². The minimum Gasteiger partial charge on any atom is -0.398 e. The van der Waals surface area contributed by atoms with Crippen molar-refractivity contribution in [3.05, 3.63) is 53.1 Å². The Balaban J connectivity index is 2.35. The third-order valence-electron chi connectivity index (χ3n) is 3.53. The summed E-state index contributed by atoms with van der Waals surface area (Å²) in [6.07, 6.45) is 0.914. The zero-order valence-corrected chi connectivity index (χ0v) is 13.3. The number of rotatable bonds is 4. The van der Waals surface area contributed by atoms with Gasteiger partial charge in [0.1, 0.15) is 4.90 Å². The van der Waals surface area contributed by atoms with Crippen molar-refractivity contribution in [1.82, 2.24) is 0 Å². The Morgan fingerprint density at radius 1 is 1.05 bits per heavy atom. The molecule has 21 heavy (non-hydrogen) atoms. The van der Waals surface area contributed by atoms with Gasteiger partial charge in [0.2, 0.25) is 0 Å². The van der Waals surface area contributed by atoms with Gasteiger partial charge in [-0.25, -0.2) is 8.42 Å². The molecule has 0 spiro atoms. The van der Waals surface area contributed by atoms with Crippen molar-refractivity contribution >= 4 is 21.4 Å². The van der Waals surface area contributed by atoms with Crippen molar-refractivity contribution in [2.24, 2.45) is 0 Å². The highest BCUT2D eigenvalue weighted by Gasteiger charge is 2.18. The highest BCUT2D eigenvalue weighted by molar-refractivity contribution is 7.92. The average molecular weight is 304 g/mol. The number of aryl methyl sites for hydroxylation is 3. The van der Waals surface area contributed by atoms with Gasteiger partial charge < -0.3 is 5.73 Å². The summed E-state index contributed by atoms with van der Waals surface area (Å²) >= 11 is 0. The zero-order chi connectivity index (χ0) is 15.6. The summed E-state index contributed by atoms with van der Waals surface area (Å²) in [5.41, 5.74) is 9.67. The van der Waals surface area contributed by atoms with Gasteiger partial charge in [-0.1, -0.05) is 19.1 Å². The molecule has 0 saturated carbocycles. The first-order chi connectivity index (χ1) is 9.83. The summed E-state index contributed by atoms with van der Waals surface area (Å²) in [4.78, 5) is 0.116. The molecule has 0 unspecified atom stereocenters. The quantitative estimate of drug-likeness (QED) is 0.852. The van der Waals surface area contributed by atoms with Crippen LogP contribution in [0, 0.1) is 13.8 Å². The summed E-state index contributed by atoms with van der Waals surface area (Å²) < 4.78 is 27.5. The fourth-order valence-electron chi connectivity index (χ4n) is 2.06. The Bertz CT molecular complexity index is 751. The Kier molecular flexibility index (Phi) is 4.23. The van der Waals surface area contributed by atoms with Crippen LogP contribution in [0.1, 0.15) is 23.6 Å². The normalized spacial score (nSPS) is 11.4. The lowest BCUT2D eigenvalue weighted by atomic mass is 10.1. The number of anilines is 2. The van der Waals surface area contributed by atoms with E-state index in [0.29, 0.717) is 5.69 Å². The molecule has 4 nitrogen and oxygen atoms in total. The van der Waals surface area contributed by atoms with Crippen LogP contribution in [-0.4, -0.2) is 8.42 Å². The summed E-state index contributed by atoms with van der Waals surface area (Å²) in [6.45, 7) is 5.82. The molecule has 0 atom stereocenters. The molecule has 0 fully saturated rings. The van der Waals surface area contributed by atoms with Gasteiger partial charge in [-0.05, 0) is 61.2 Å². The van der Waals surface area contributed by atoms with E-state index in [9.17, 15) is 8.42 Å². The monoisotopic (exact) mass is 304 g/mol. The Labute approximate surface area is 126 Å². The van der Waals surface area contributed by atoms with Crippen molar-refractivity contribution in [3.63, 3.8) is 0 Å². The van der Waals surface area contributed by atoms with E-state index in [1.165, 1.54) is 0 Å². The van der Waals surface area contributed by atoms with Gasteiger partial charge in [0.05, 0.1) is 5.69 Å². The first-order valence-corrected chi connectivity index (χ1v) is 8.30. The molecule has 0 aromatic heterocycles. The Morgan fingerprint density at radius 3 is 2.19 bits per heavy atom. The molecule has 0 aliphatic rings. The maximum atomic E-state index is 12.4. The Hall–Kier alpha value is -2.01. The molecular formula is C16H20N2O2S. The smallest absolute Gasteiger partial charge is 0.263 e. The van der Waals surface area contributed by atoms with E-state index in [1.54, 1.807) is 24.3 Å². The van der Waals surface area contributed by atoms with Crippen LogP contribution in [0.5, 0.6) is 0 Å². The summed E-state index contributed by atoms with van der Waals surface area (Å²) in [5.74, 6) is 0. The molecule has 112 valence electrons. The summed E-state index contributed by atoms with van der Waals surface area (Å²) in [7, 11) is -3.68. The third kappa shape index (κ3) is 3.36. The van der Waals surface area contributed by atoms with Gasteiger partial charge in [-0.3, -0.25) is 4.72 Å². The van der Waals surface area contributed by atoms with Gasteiger partial charge >= 0.3 is 0 Å². The lowest BCUT2D eigenvalue weighted by Crippen LogP contribution is -2.15. The van der Waals surface area contributed by atoms with Crippen LogP contribution in [0.3, 0.4) is 0 Å². The van der Waals surface area contributed by atoms with Gasteiger partial charge in [0, 0.05) is 5.69 Å². The number of nitrogen functional groups attached to an aromatic ring is 1.